The SMILES string of the molecule is CCC1(Cc2ccc(Cl)cc2)C(=O)NC(C)(C)c2ccc(Br)cc21. The highest BCUT2D eigenvalue weighted by Gasteiger charge is 2.48. The molecule has 4 heteroatoms. The Bertz CT molecular complexity index is 785. The average molecular weight is 407 g/mol. The van der Waals surface area contributed by atoms with Crippen molar-refractivity contribution in [2.24, 2.45) is 0 Å². The Balaban J connectivity index is 2.17. The Morgan fingerprint density at radius 3 is 2.38 bits per heavy atom. The number of fused-ring (bicyclic) bond motifs is 1. The lowest BCUT2D eigenvalue weighted by molar-refractivity contribution is -0.130. The fourth-order valence-corrected chi connectivity index (χ4v) is 4.14. The Morgan fingerprint density at radius 2 is 1.75 bits per heavy atom. The number of hydrogen-bond donors (Lipinski definition) is 1. The molecule has 0 bridgehead atoms. The second kappa shape index (κ2) is 6.20. The van der Waals surface area contributed by atoms with Gasteiger partial charge in [0, 0.05) is 9.50 Å². The number of carbonyl (C=O) groups is 1. The van der Waals surface area contributed by atoms with Crippen LogP contribution in [0.5, 0.6) is 0 Å². The molecule has 1 amide bonds. The molecule has 1 N–H and O–H groups in total. The van der Waals surface area contributed by atoms with Gasteiger partial charge in [0.25, 0.3) is 0 Å². The molecule has 0 saturated carbocycles. The van der Waals surface area contributed by atoms with E-state index in [1.807, 2.05) is 30.3 Å². The Morgan fingerprint density at radius 1 is 1.08 bits per heavy atom. The first-order valence-corrected chi connectivity index (χ1v) is 9.33. The first-order chi connectivity index (χ1) is 11.3. The van der Waals surface area contributed by atoms with E-state index in [4.69, 9.17) is 11.6 Å². The van der Waals surface area contributed by atoms with Crippen molar-refractivity contribution in [3.05, 3.63) is 68.7 Å². The Kier molecular flexibility index (Phi) is 4.52. The summed E-state index contributed by atoms with van der Waals surface area (Å²) in [6.07, 6.45) is 1.40. The van der Waals surface area contributed by atoms with Gasteiger partial charge in [-0.15, -0.1) is 0 Å². The summed E-state index contributed by atoms with van der Waals surface area (Å²) >= 11 is 9.58. The first kappa shape index (κ1) is 17.5. The smallest absolute Gasteiger partial charge is 0.231 e. The number of hydrogen-bond acceptors (Lipinski definition) is 1. The molecule has 1 aliphatic rings. The monoisotopic (exact) mass is 405 g/mol. The standard InChI is InChI=1S/C20H21BrClNO/c1-4-20(12-13-5-8-15(22)9-6-13)17-11-14(21)7-10-16(17)19(2,3)23-18(20)24/h5-11H,4,12H2,1-3H3,(H,23,24). The number of carbonyl (C=O) groups excluding carboxylic acids is 1. The number of amides is 1. The summed E-state index contributed by atoms with van der Waals surface area (Å²) in [5.41, 5.74) is 2.47. The molecular formula is C20H21BrClNO. The van der Waals surface area contributed by atoms with Gasteiger partial charge in [-0.05, 0) is 67.6 Å². The van der Waals surface area contributed by atoms with Crippen molar-refractivity contribution in [1.82, 2.24) is 5.32 Å². The lowest BCUT2D eigenvalue weighted by Crippen LogP contribution is -2.57. The number of halogens is 2. The molecule has 2 aromatic rings. The fraction of sp³-hybridized carbons (Fsp3) is 0.350. The minimum absolute atomic E-state index is 0.0931. The van der Waals surface area contributed by atoms with E-state index >= 15 is 0 Å². The summed E-state index contributed by atoms with van der Waals surface area (Å²) in [4.78, 5) is 13.2. The van der Waals surface area contributed by atoms with E-state index in [1.54, 1.807) is 0 Å². The van der Waals surface area contributed by atoms with Crippen LogP contribution in [0.15, 0.2) is 46.9 Å². The van der Waals surface area contributed by atoms with E-state index in [-0.39, 0.29) is 11.4 Å². The van der Waals surface area contributed by atoms with Crippen molar-refractivity contribution < 1.29 is 4.79 Å². The number of rotatable bonds is 3. The van der Waals surface area contributed by atoms with Crippen LogP contribution < -0.4 is 5.32 Å². The third kappa shape index (κ3) is 2.89. The van der Waals surface area contributed by atoms with E-state index in [0.717, 1.165) is 22.0 Å². The van der Waals surface area contributed by atoms with E-state index in [2.05, 4.69) is 54.2 Å². The third-order valence-electron chi connectivity index (χ3n) is 5.05. The summed E-state index contributed by atoms with van der Waals surface area (Å²) in [5.74, 6) is 0.0931. The maximum atomic E-state index is 13.2. The summed E-state index contributed by atoms with van der Waals surface area (Å²) < 4.78 is 1.00. The van der Waals surface area contributed by atoms with E-state index in [9.17, 15) is 4.79 Å². The van der Waals surface area contributed by atoms with Gasteiger partial charge in [0.1, 0.15) is 0 Å². The topological polar surface area (TPSA) is 29.1 Å². The van der Waals surface area contributed by atoms with Gasteiger partial charge in [-0.2, -0.15) is 0 Å². The molecule has 126 valence electrons. The minimum atomic E-state index is -0.567. The van der Waals surface area contributed by atoms with Crippen molar-refractivity contribution in [3.63, 3.8) is 0 Å². The van der Waals surface area contributed by atoms with Crippen LogP contribution >= 0.6 is 27.5 Å². The van der Waals surface area contributed by atoms with Crippen LogP contribution in [0.1, 0.15) is 43.9 Å². The van der Waals surface area contributed by atoms with Gasteiger partial charge in [-0.1, -0.05) is 52.7 Å². The molecule has 3 rings (SSSR count). The lowest BCUT2D eigenvalue weighted by atomic mass is 9.66. The van der Waals surface area contributed by atoms with Crippen molar-refractivity contribution in [2.75, 3.05) is 0 Å². The normalized spacial score (nSPS) is 22.0. The van der Waals surface area contributed by atoms with Gasteiger partial charge < -0.3 is 5.32 Å². The summed E-state index contributed by atoms with van der Waals surface area (Å²) in [5, 5.41) is 3.93. The molecule has 0 fully saturated rings. The highest BCUT2D eigenvalue weighted by atomic mass is 79.9. The summed E-state index contributed by atoms with van der Waals surface area (Å²) in [6.45, 7) is 6.19. The van der Waals surface area contributed by atoms with E-state index < -0.39 is 5.41 Å². The third-order valence-corrected chi connectivity index (χ3v) is 5.80. The van der Waals surface area contributed by atoms with Gasteiger partial charge in [0.2, 0.25) is 5.91 Å². The van der Waals surface area contributed by atoms with Gasteiger partial charge in [0.15, 0.2) is 0 Å². The molecule has 2 nitrogen and oxygen atoms in total. The molecule has 1 unspecified atom stereocenters. The quantitative estimate of drug-likeness (QED) is 0.730. The van der Waals surface area contributed by atoms with Crippen molar-refractivity contribution in [2.45, 2.75) is 44.6 Å². The van der Waals surface area contributed by atoms with Crippen LogP contribution in [0.4, 0.5) is 0 Å². The molecule has 1 atom stereocenters. The zero-order valence-electron chi connectivity index (χ0n) is 14.1. The van der Waals surface area contributed by atoms with Crippen LogP contribution in [-0.4, -0.2) is 5.91 Å². The van der Waals surface area contributed by atoms with Crippen molar-refractivity contribution in [3.8, 4) is 0 Å². The summed E-state index contributed by atoms with van der Waals surface area (Å²) in [7, 11) is 0. The largest absolute Gasteiger partial charge is 0.346 e. The second-order valence-corrected chi connectivity index (χ2v) is 8.36. The predicted molar refractivity (Wildman–Crippen MR) is 102 cm³/mol. The molecule has 0 spiro atoms. The molecule has 0 saturated heterocycles. The van der Waals surface area contributed by atoms with Gasteiger partial charge in [-0.25, -0.2) is 0 Å². The fourth-order valence-electron chi connectivity index (χ4n) is 3.65. The number of nitrogens with one attached hydrogen (secondary N) is 1. The lowest BCUT2D eigenvalue weighted by Gasteiger charge is -2.45. The predicted octanol–water partition coefficient (Wildman–Crippen LogP) is 5.36. The molecule has 0 aliphatic carbocycles. The van der Waals surface area contributed by atoms with Gasteiger partial charge >= 0.3 is 0 Å². The van der Waals surface area contributed by atoms with E-state index in [0.29, 0.717) is 11.4 Å². The highest BCUT2D eigenvalue weighted by molar-refractivity contribution is 9.10. The van der Waals surface area contributed by atoms with Crippen LogP contribution in [0, 0.1) is 0 Å². The van der Waals surface area contributed by atoms with Gasteiger partial charge in [-0.3, -0.25) is 4.79 Å². The van der Waals surface area contributed by atoms with Crippen molar-refractivity contribution in [1.29, 1.82) is 0 Å². The molecule has 0 aromatic heterocycles. The van der Waals surface area contributed by atoms with Crippen LogP contribution in [-0.2, 0) is 22.2 Å². The van der Waals surface area contributed by atoms with Crippen molar-refractivity contribution >= 4 is 33.4 Å². The maximum absolute atomic E-state index is 13.2. The Labute approximate surface area is 156 Å². The zero-order valence-corrected chi connectivity index (χ0v) is 16.5. The highest BCUT2D eigenvalue weighted by Crippen LogP contribution is 2.43. The first-order valence-electron chi connectivity index (χ1n) is 8.16. The van der Waals surface area contributed by atoms with E-state index in [1.165, 1.54) is 5.56 Å². The molecule has 2 aromatic carbocycles. The zero-order chi connectivity index (χ0) is 17.5. The summed E-state index contributed by atoms with van der Waals surface area (Å²) in [6, 6.07) is 14.0. The second-order valence-electron chi connectivity index (χ2n) is 7.01. The minimum Gasteiger partial charge on any atom is -0.346 e. The van der Waals surface area contributed by atoms with Crippen LogP contribution in [0.25, 0.3) is 0 Å². The average Bonchev–Trinajstić information content (AvgIpc) is 2.52. The van der Waals surface area contributed by atoms with Crippen LogP contribution in [0.2, 0.25) is 5.02 Å². The Hall–Kier alpha value is -1.32. The van der Waals surface area contributed by atoms with Gasteiger partial charge in [0.05, 0.1) is 11.0 Å². The molecule has 1 aliphatic heterocycles. The van der Waals surface area contributed by atoms with Crippen LogP contribution in [0.3, 0.4) is 0 Å². The molecule has 0 radical (unpaired) electrons. The molecule has 1 heterocycles. The molecule has 24 heavy (non-hydrogen) atoms. The molecular weight excluding hydrogens is 386 g/mol. The maximum Gasteiger partial charge on any atom is 0.231 e. The number of benzene rings is 2.